The fraction of sp³-hybridized carbons (Fsp3) is 0.458. The number of pyridine rings is 1. The van der Waals surface area contributed by atoms with Gasteiger partial charge in [0.2, 0.25) is 5.89 Å². The highest BCUT2D eigenvalue weighted by molar-refractivity contribution is 5.98. The summed E-state index contributed by atoms with van der Waals surface area (Å²) in [5, 5.41) is 12.9. The van der Waals surface area contributed by atoms with Crippen LogP contribution in [0.5, 0.6) is 5.75 Å². The second kappa shape index (κ2) is 9.78. The predicted molar refractivity (Wildman–Crippen MR) is 127 cm³/mol. The highest BCUT2D eigenvalue weighted by Gasteiger charge is 2.43. The van der Waals surface area contributed by atoms with Gasteiger partial charge in [0.1, 0.15) is 17.0 Å². The van der Waals surface area contributed by atoms with Crippen molar-refractivity contribution in [1.82, 2.24) is 25.2 Å². The maximum absolute atomic E-state index is 13.3. The third kappa shape index (κ3) is 5.05. The number of halogens is 3. The normalized spacial score (nSPS) is 17.8. The SMILES string of the molecule is COc1ccc(-c2nc(C(=O)N3CCN(N(O)OC4(C)CC4)CC3)c(CN)o2)c2ccc(C(F)(F)F)nc12. The van der Waals surface area contributed by atoms with E-state index in [1.165, 1.54) is 19.2 Å². The fourth-order valence-electron chi connectivity index (χ4n) is 4.22. The smallest absolute Gasteiger partial charge is 0.433 e. The highest BCUT2D eigenvalue weighted by Crippen LogP contribution is 2.40. The van der Waals surface area contributed by atoms with E-state index in [1.54, 1.807) is 16.0 Å². The van der Waals surface area contributed by atoms with Gasteiger partial charge in [-0.3, -0.25) is 14.8 Å². The Morgan fingerprint density at radius 1 is 1.18 bits per heavy atom. The molecule has 3 aromatic rings. The van der Waals surface area contributed by atoms with Crippen LogP contribution in [0.4, 0.5) is 13.2 Å². The van der Waals surface area contributed by atoms with Gasteiger partial charge in [-0.1, -0.05) is 0 Å². The largest absolute Gasteiger partial charge is 0.494 e. The van der Waals surface area contributed by atoms with Gasteiger partial charge in [0.05, 0.1) is 19.3 Å². The van der Waals surface area contributed by atoms with Crippen LogP contribution in [0.15, 0.2) is 28.7 Å². The zero-order valence-electron chi connectivity index (χ0n) is 20.8. The van der Waals surface area contributed by atoms with E-state index in [0.29, 0.717) is 24.0 Å². The predicted octanol–water partition coefficient (Wildman–Crippen LogP) is 3.22. The van der Waals surface area contributed by atoms with Crippen LogP contribution in [0.2, 0.25) is 0 Å². The molecule has 14 heteroatoms. The number of amides is 1. The number of carbonyl (C=O) groups is 1. The molecule has 5 rings (SSSR count). The summed E-state index contributed by atoms with van der Waals surface area (Å²) in [5.74, 6) is -0.0959. The summed E-state index contributed by atoms with van der Waals surface area (Å²) in [7, 11) is 1.33. The lowest BCUT2D eigenvalue weighted by Gasteiger charge is -2.37. The van der Waals surface area contributed by atoms with E-state index in [0.717, 1.165) is 24.2 Å². The highest BCUT2D eigenvalue weighted by atomic mass is 19.4. The average Bonchev–Trinajstić information content (AvgIpc) is 3.47. The van der Waals surface area contributed by atoms with Crippen molar-refractivity contribution in [2.24, 2.45) is 5.73 Å². The second-order valence-corrected chi connectivity index (χ2v) is 9.44. The number of nitrogens with two attached hydrogens (primary N) is 1. The second-order valence-electron chi connectivity index (χ2n) is 9.44. The summed E-state index contributed by atoms with van der Waals surface area (Å²) in [5.41, 5.74) is 4.74. The standard InChI is InChI=1S/C24H27F3N6O5/c1-23(7-8-23)38-33(35)32-11-9-31(10-12-32)22(34)20-17(13-28)37-21(30-20)15-3-5-16(36-2)19-14(15)4-6-18(29-19)24(25,26)27/h3-6,35H,7-13,28H2,1-2H3. The van der Waals surface area contributed by atoms with Crippen molar-refractivity contribution >= 4 is 16.8 Å². The van der Waals surface area contributed by atoms with Crippen molar-refractivity contribution in [1.29, 1.82) is 0 Å². The third-order valence-electron chi connectivity index (χ3n) is 6.69. The molecule has 2 fully saturated rings. The molecule has 1 saturated carbocycles. The van der Waals surface area contributed by atoms with Crippen LogP contribution in [0.1, 0.15) is 41.7 Å². The Bertz CT molecular complexity index is 1350. The topological polar surface area (TPSA) is 130 Å². The van der Waals surface area contributed by atoms with Gasteiger partial charge in [0.25, 0.3) is 5.91 Å². The molecule has 1 aliphatic heterocycles. The number of nitrogens with zero attached hydrogens (tertiary/aromatic N) is 5. The van der Waals surface area contributed by atoms with Crippen molar-refractivity contribution < 1.29 is 37.2 Å². The number of carbonyl (C=O) groups excluding carboxylic acids is 1. The minimum absolute atomic E-state index is 0.0161. The number of methoxy groups -OCH3 is 1. The molecular weight excluding hydrogens is 509 g/mol. The maximum atomic E-state index is 13.3. The number of hydrazine groups is 1. The van der Waals surface area contributed by atoms with Crippen LogP contribution in [-0.4, -0.2) is 75.2 Å². The van der Waals surface area contributed by atoms with E-state index in [2.05, 4.69) is 9.97 Å². The van der Waals surface area contributed by atoms with Crippen molar-refractivity contribution in [3.63, 3.8) is 0 Å². The minimum atomic E-state index is -4.64. The Labute approximate surface area is 215 Å². The lowest BCUT2D eigenvalue weighted by molar-refractivity contribution is -0.461. The van der Waals surface area contributed by atoms with E-state index in [-0.39, 0.29) is 53.8 Å². The zero-order chi connectivity index (χ0) is 27.2. The van der Waals surface area contributed by atoms with Crippen LogP contribution in [0.25, 0.3) is 22.4 Å². The molecule has 3 heterocycles. The van der Waals surface area contributed by atoms with Gasteiger partial charge in [-0.2, -0.15) is 18.2 Å². The molecule has 1 amide bonds. The maximum Gasteiger partial charge on any atom is 0.433 e. The molecule has 0 spiro atoms. The van der Waals surface area contributed by atoms with E-state index < -0.39 is 17.8 Å². The van der Waals surface area contributed by atoms with Gasteiger partial charge >= 0.3 is 6.18 Å². The van der Waals surface area contributed by atoms with Crippen LogP contribution in [-0.2, 0) is 17.6 Å². The van der Waals surface area contributed by atoms with E-state index in [9.17, 15) is 23.2 Å². The molecular formula is C24H27F3N6O5. The van der Waals surface area contributed by atoms with Crippen molar-refractivity contribution in [2.75, 3.05) is 33.3 Å². The molecule has 38 heavy (non-hydrogen) atoms. The molecule has 1 aliphatic carbocycles. The van der Waals surface area contributed by atoms with E-state index in [1.807, 2.05) is 6.92 Å². The minimum Gasteiger partial charge on any atom is -0.494 e. The number of hydrogen-bond donors (Lipinski definition) is 2. The molecule has 3 N–H and O–H groups in total. The molecule has 0 atom stereocenters. The lowest BCUT2D eigenvalue weighted by Crippen LogP contribution is -2.54. The molecule has 1 aromatic carbocycles. The Morgan fingerprint density at radius 3 is 2.50 bits per heavy atom. The molecule has 2 aliphatic rings. The van der Waals surface area contributed by atoms with Crippen LogP contribution < -0.4 is 10.5 Å². The van der Waals surface area contributed by atoms with Gasteiger partial charge in [0.15, 0.2) is 11.5 Å². The summed E-state index contributed by atoms with van der Waals surface area (Å²) in [6.45, 7) is 3.03. The first-order valence-corrected chi connectivity index (χ1v) is 12.0. The Hall–Kier alpha value is -3.30. The van der Waals surface area contributed by atoms with Gasteiger partial charge in [-0.25, -0.2) is 9.97 Å². The molecule has 0 radical (unpaired) electrons. The number of benzene rings is 1. The first-order chi connectivity index (χ1) is 18.0. The molecule has 0 unspecified atom stereocenters. The summed E-state index contributed by atoms with van der Waals surface area (Å²) in [6.07, 6.45) is -2.91. The summed E-state index contributed by atoms with van der Waals surface area (Å²) >= 11 is 0. The van der Waals surface area contributed by atoms with Crippen molar-refractivity contribution in [3.05, 3.63) is 41.4 Å². The number of fused-ring (bicyclic) bond motifs is 1. The fourth-order valence-corrected chi connectivity index (χ4v) is 4.22. The number of aromatic nitrogens is 2. The molecule has 11 nitrogen and oxygen atoms in total. The van der Waals surface area contributed by atoms with Crippen LogP contribution in [0, 0.1) is 0 Å². The average molecular weight is 537 g/mol. The van der Waals surface area contributed by atoms with Crippen LogP contribution >= 0.6 is 0 Å². The van der Waals surface area contributed by atoms with Gasteiger partial charge < -0.3 is 19.8 Å². The number of hydrogen-bond acceptors (Lipinski definition) is 10. The van der Waals surface area contributed by atoms with Gasteiger partial charge in [-0.05, 0) is 44.0 Å². The van der Waals surface area contributed by atoms with Crippen molar-refractivity contribution in [3.8, 4) is 17.2 Å². The molecule has 2 aromatic heterocycles. The van der Waals surface area contributed by atoms with Crippen molar-refractivity contribution in [2.45, 2.75) is 38.1 Å². The first kappa shape index (κ1) is 26.3. The quantitative estimate of drug-likeness (QED) is 0.434. The number of oxazole rings is 1. The number of rotatable bonds is 7. The van der Waals surface area contributed by atoms with Gasteiger partial charge in [-0.15, -0.1) is 0 Å². The third-order valence-corrected chi connectivity index (χ3v) is 6.69. The Balaban J connectivity index is 1.39. The summed E-state index contributed by atoms with van der Waals surface area (Å²) in [4.78, 5) is 28.5. The number of ether oxygens (including phenoxy) is 1. The molecule has 1 saturated heterocycles. The van der Waals surface area contributed by atoms with Crippen LogP contribution in [0.3, 0.4) is 0 Å². The number of alkyl halides is 3. The monoisotopic (exact) mass is 536 g/mol. The van der Waals surface area contributed by atoms with E-state index in [4.69, 9.17) is 19.7 Å². The van der Waals surface area contributed by atoms with E-state index >= 15 is 0 Å². The molecule has 204 valence electrons. The summed E-state index contributed by atoms with van der Waals surface area (Å²) < 4.78 is 50.8. The lowest BCUT2D eigenvalue weighted by atomic mass is 10.1. The number of piperazine rings is 1. The Kier molecular flexibility index (Phi) is 6.77. The van der Waals surface area contributed by atoms with Gasteiger partial charge in [0, 0.05) is 42.5 Å². The Morgan fingerprint density at radius 2 is 1.89 bits per heavy atom. The molecule has 0 bridgehead atoms. The summed E-state index contributed by atoms with van der Waals surface area (Å²) in [6, 6.07) is 5.16. The first-order valence-electron chi connectivity index (χ1n) is 12.0. The zero-order valence-corrected chi connectivity index (χ0v) is 20.8.